The first kappa shape index (κ1) is 13.3. The lowest BCUT2D eigenvalue weighted by Gasteiger charge is -2.28. The maximum atomic E-state index is 11.4. The molecule has 0 spiro atoms. The van der Waals surface area contributed by atoms with Crippen LogP contribution in [-0.4, -0.2) is 22.0 Å². The van der Waals surface area contributed by atoms with E-state index in [1.165, 1.54) is 6.07 Å². The Bertz CT molecular complexity index is 517. The van der Waals surface area contributed by atoms with E-state index in [0.29, 0.717) is 18.5 Å². The number of carboxylic acids is 1. The first-order valence-electron chi connectivity index (χ1n) is 6.18. The number of nitro benzene ring substituents is 1. The van der Waals surface area contributed by atoms with Crippen LogP contribution in [0.5, 0.6) is 0 Å². The molecule has 1 aliphatic carbocycles. The number of nitro groups is 1. The van der Waals surface area contributed by atoms with Crippen LogP contribution >= 0.6 is 0 Å². The zero-order chi connectivity index (χ0) is 14.0. The van der Waals surface area contributed by atoms with Crippen LogP contribution < -0.4 is 5.32 Å². The highest BCUT2D eigenvalue weighted by Crippen LogP contribution is 2.41. The molecular weight excluding hydrogens is 248 g/mol. The SMILES string of the molecule is CC1(C(=O)O)CCCC1Nc1ccccc1[N+](=O)[O-]. The van der Waals surface area contributed by atoms with Gasteiger partial charge in [0.1, 0.15) is 5.69 Å². The monoisotopic (exact) mass is 264 g/mol. The summed E-state index contributed by atoms with van der Waals surface area (Å²) in [5, 5.41) is 23.3. The molecule has 0 saturated heterocycles. The number of nitrogens with zero attached hydrogens (tertiary/aromatic N) is 1. The van der Waals surface area contributed by atoms with Crippen molar-refractivity contribution in [3.05, 3.63) is 34.4 Å². The molecule has 1 aromatic rings. The maximum Gasteiger partial charge on any atom is 0.311 e. The summed E-state index contributed by atoms with van der Waals surface area (Å²) in [6, 6.07) is 6.02. The van der Waals surface area contributed by atoms with Crippen LogP contribution in [0.4, 0.5) is 11.4 Å². The Morgan fingerprint density at radius 1 is 1.53 bits per heavy atom. The third-order valence-electron chi connectivity index (χ3n) is 3.88. The predicted octanol–water partition coefficient (Wildman–Crippen LogP) is 2.65. The van der Waals surface area contributed by atoms with Crippen molar-refractivity contribution in [3.63, 3.8) is 0 Å². The fraction of sp³-hybridized carbons (Fsp3) is 0.462. The molecule has 2 rings (SSSR count). The van der Waals surface area contributed by atoms with Gasteiger partial charge in [-0.3, -0.25) is 14.9 Å². The normalized spacial score (nSPS) is 26.1. The quantitative estimate of drug-likeness (QED) is 0.644. The smallest absolute Gasteiger partial charge is 0.311 e. The van der Waals surface area contributed by atoms with Crippen LogP contribution in [0.25, 0.3) is 0 Å². The average molecular weight is 264 g/mol. The number of aliphatic carboxylic acids is 1. The minimum absolute atomic E-state index is 0.0258. The molecule has 1 aromatic carbocycles. The number of anilines is 1. The molecular formula is C13H16N2O4. The van der Waals surface area contributed by atoms with Gasteiger partial charge in [-0.25, -0.2) is 0 Å². The van der Waals surface area contributed by atoms with Crippen LogP contribution in [0.3, 0.4) is 0 Å². The lowest BCUT2D eigenvalue weighted by Crippen LogP contribution is -2.40. The highest BCUT2D eigenvalue weighted by molar-refractivity contribution is 5.77. The molecule has 0 amide bonds. The van der Waals surface area contributed by atoms with Crippen molar-refractivity contribution >= 4 is 17.3 Å². The Kier molecular flexibility index (Phi) is 3.42. The largest absolute Gasteiger partial charge is 0.481 e. The zero-order valence-electron chi connectivity index (χ0n) is 10.6. The molecule has 2 N–H and O–H groups in total. The lowest BCUT2D eigenvalue weighted by atomic mass is 9.85. The third-order valence-corrected chi connectivity index (χ3v) is 3.88. The van der Waals surface area contributed by atoms with Crippen molar-refractivity contribution in [1.29, 1.82) is 0 Å². The van der Waals surface area contributed by atoms with E-state index >= 15 is 0 Å². The van der Waals surface area contributed by atoms with E-state index in [9.17, 15) is 20.0 Å². The molecule has 0 bridgehead atoms. The fourth-order valence-electron chi connectivity index (χ4n) is 2.60. The van der Waals surface area contributed by atoms with Gasteiger partial charge >= 0.3 is 5.97 Å². The third kappa shape index (κ3) is 2.38. The molecule has 1 saturated carbocycles. The van der Waals surface area contributed by atoms with Crippen molar-refractivity contribution in [3.8, 4) is 0 Å². The second-order valence-corrected chi connectivity index (χ2v) is 5.09. The molecule has 0 radical (unpaired) electrons. The van der Waals surface area contributed by atoms with Crippen LogP contribution in [0.15, 0.2) is 24.3 Å². The average Bonchev–Trinajstić information content (AvgIpc) is 2.73. The number of hydrogen-bond acceptors (Lipinski definition) is 4. The fourth-order valence-corrected chi connectivity index (χ4v) is 2.60. The number of carboxylic acid groups (broad SMARTS) is 1. The van der Waals surface area contributed by atoms with Gasteiger partial charge in [0, 0.05) is 12.1 Å². The first-order valence-corrected chi connectivity index (χ1v) is 6.18. The van der Waals surface area contributed by atoms with Gasteiger partial charge in [-0.05, 0) is 25.8 Å². The molecule has 6 heteroatoms. The summed E-state index contributed by atoms with van der Waals surface area (Å²) in [7, 11) is 0. The van der Waals surface area contributed by atoms with Crippen molar-refractivity contribution in [2.24, 2.45) is 5.41 Å². The molecule has 102 valence electrons. The Balaban J connectivity index is 2.27. The molecule has 1 aliphatic rings. The van der Waals surface area contributed by atoms with E-state index in [-0.39, 0.29) is 11.7 Å². The summed E-state index contributed by atoms with van der Waals surface area (Å²) < 4.78 is 0. The topological polar surface area (TPSA) is 92.5 Å². The Hall–Kier alpha value is -2.11. The summed E-state index contributed by atoms with van der Waals surface area (Å²) in [5.41, 5.74) is -0.516. The van der Waals surface area contributed by atoms with Crippen LogP contribution in [0, 0.1) is 15.5 Å². The van der Waals surface area contributed by atoms with E-state index in [4.69, 9.17) is 0 Å². The number of rotatable bonds is 4. The zero-order valence-corrected chi connectivity index (χ0v) is 10.6. The van der Waals surface area contributed by atoms with Gasteiger partial charge in [-0.1, -0.05) is 18.6 Å². The summed E-state index contributed by atoms with van der Waals surface area (Å²) in [4.78, 5) is 21.8. The summed E-state index contributed by atoms with van der Waals surface area (Å²) >= 11 is 0. The standard InChI is InChI=1S/C13H16N2O4/c1-13(12(16)17)8-4-7-11(13)14-9-5-2-3-6-10(9)15(18)19/h2-3,5-6,11,14H,4,7-8H2,1H3,(H,16,17). The number of hydrogen-bond donors (Lipinski definition) is 2. The summed E-state index contributed by atoms with van der Waals surface area (Å²) in [6.45, 7) is 1.69. The van der Waals surface area contributed by atoms with E-state index in [1.807, 2.05) is 0 Å². The lowest BCUT2D eigenvalue weighted by molar-refractivity contribution is -0.384. The van der Waals surface area contributed by atoms with E-state index < -0.39 is 16.3 Å². The van der Waals surface area contributed by atoms with Gasteiger partial charge in [0.15, 0.2) is 0 Å². The predicted molar refractivity (Wildman–Crippen MR) is 70.1 cm³/mol. The second kappa shape index (κ2) is 4.87. The van der Waals surface area contributed by atoms with E-state index in [1.54, 1.807) is 25.1 Å². The van der Waals surface area contributed by atoms with Crippen molar-refractivity contribution < 1.29 is 14.8 Å². The molecule has 2 atom stereocenters. The van der Waals surface area contributed by atoms with Crippen molar-refractivity contribution in [2.75, 3.05) is 5.32 Å². The summed E-state index contributed by atoms with van der Waals surface area (Å²) in [5.74, 6) is -0.860. The van der Waals surface area contributed by atoms with Crippen molar-refractivity contribution in [1.82, 2.24) is 0 Å². The number of para-hydroxylation sites is 2. The first-order chi connectivity index (χ1) is 8.95. The molecule has 19 heavy (non-hydrogen) atoms. The molecule has 1 fully saturated rings. The minimum Gasteiger partial charge on any atom is -0.481 e. The highest BCUT2D eigenvalue weighted by atomic mass is 16.6. The second-order valence-electron chi connectivity index (χ2n) is 5.09. The van der Waals surface area contributed by atoms with Crippen LogP contribution in [0.1, 0.15) is 26.2 Å². The van der Waals surface area contributed by atoms with Gasteiger partial charge in [-0.15, -0.1) is 0 Å². The van der Waals surface area contributed by atoms with Gasteiger partial charge in [-0.2, -0.15) is 0 Å². The molecule has 0 aromatic heterocycles. The van der Waals surface area contributed by atoms with Crippen LogP contribution in [0.2, 0.25) is 0 Å². The van der Waals surface area contributed by atoms with Gasteiger partial charge in [0.2, 0.25) is 0 Å². The van der Waals surface area contributed by atoms with E-state index in [0.717, 1.165) is 6.42 Å². The Labute approximate surface area is 110 Å². The van der Waals surface area contributed by atoms with Gasteiger partial charge in [0.05, 0.1) is 10.3 Å². The number of nitrogens with one attached hydrogen (secondary N) is 1. The number of benzene rings is 1. The Morgan fingerprint density at radius 2 is 2.21 bits per heavy atom. The molecule has 0 aliphatic heterocycles. The minimum atomic E-state index is -0.871. The van der Waals surface area contributed by atoms with Gasteiger partial charge < -0.3 is 10.4 Å². The molecule has 0 heterocycles. The molecule has 2 unspecified atom stereocenters. The maximum absolute atomic E-state index is 11.4. The number of carbonyl (C=O) groups is 1. The Morgan fingerprint density at radius 3 is 2.84 bits per heavy atom. The molecule has 6 nitrogen and oxygen atoms in total. The highest BCUT2D eigenvalue weighted by Gasteiger charge is 2.45. The summed E-state index contributed by atoms with van der Waals surface area (Å²) in [6.07, 6.45) is 2.09. The van der Waals surface area contributed by atoms with Crippen LogP contribution in [-0.2, 0) is 4.79 Å². The van der Waals surface area contributed by atoms with Crippen molar-refractivity contribution in [2.45, 2.75) is 32.2 Å². The van der Waals surface area contributed by atoms with Gasteiger partial charge in [0.25, 0.3) is 5.69 Å². The van der Waals surface area contributed by atoms with E-state index in [2.05, 4.69) is 5.32 Å².